The van der Waals surface area contributed by atoms with E-state index in [9.17, 15) is 0 Å². The van der Waals surface area contributed by atoms with Crippen molar-refractivity contribution in [3.05, 3.63) is 0 Å². The van der Waals surface area contributed by atoms with Gasteiger partial charge in [-0.2, -0.15) is 0 Å². The summed E-state index contributed by atoms with van der Waals surface area (Å²) in [5, 5.41) is 0. The van der Waals surface area contributed by atoms with Crippen LogP contribution in [0.5, 0.6) is 0 Å². The quantitative estimate of drug-likeness (QED) is 0.531. The van der Waals surface area contributed by atoms with E-state index in [4.69, 9.17) is 4.74 Å². The van der Waals surface area contributed by atoms with Gasteiger partial charge in [0, 0.05) is 6.61 Å². The highest BCUT2D eigenvalue weighted by molar-refractivity contribution is 4.90. The maximum atomic E-state index is 6.20. The molecule has 0 atom stereocenters. The Kier molecular flexibility index (Phi) is 7.05. The van der Waals surface area contributed by atoms with E-state index in [1.807, 2.05) is 0 Å². The van der Waals surface area contributed by atoms with Gasteiger partial charge in [0.15, 0.2) is 0 Å². The molecular formula is C20H38O. The topological polar surface area (TPSA) is 9.23 Å². The smallest absolute Gasteiger partial charge is 0.0682 e. The minimum Gasteiger partial charge on any atom is -0.375 e. The summed E-state index contributed by atoms with van der Waals surface area (Å²) in [4.78, 5) is 0. The highest BCUT2D eigenvalue weighted by atomic mass is 16.5. The van der Waals surface area contributed by atoms with Gasteiger partial charge < -0.3 is 4.74 Å². The van der Waals surface area contributed by atoms with Crippen LogP contribution >= 0.6 is 0 Å². The Morgan fingerprint density at radius 1 is 0.810 bits per heavy atom. The minimum absolute atomic E-state index is 0.249. The summed E-state index contributed by atoms with van der Waals surface area (Å²) in [5.74, 6) is 3.11. The molecule has 1 nitrogen and oxygen atoms in total. The lowest BCUT2D eigenvalue weighted by Gasteiger charge is -2.43. The summed E-state index contributed by atoms with van der Waals surface area (Å²) in [5.41, 5.74) is 0.249. The van der Waals surface area contributed by atoms with Crippen LogP contribution in [0.1, 0.15) is 97.8 Å². The van der Waals surface area contributed by atoms with Gasteiger partial charge in [0.25, 0.3) is 0 Å². The van der Waals surface area contributed by atoms with E-state index in [0.29, 0.717) is 0 Å². The molecule has 0 N–H and O–H groups in total. The predicted octanol–water partition coefficient (Wildman–Crippen LogP) is 6.36. The van der Waals surface area contributed by atoms with E-state index in [1.54, 1.807) is 0 Å². The lowest BCUT2D eigenvalue weighted by molar-refractivity contribution is -0.0846. The molecule has 0 heterocycles. The van der Waals surface area contributed by atoms with Crippen molar-refractivity contribution in [2.75, 3.05) is 6.61 Å². The lowest BCUT2D eigenvalue weighted by Crippen LogP contribution is -2.39. The van der Waals surface area contributed by atoms with Gasteiger partial charge in [-0.15, -0.1) is 0 Å². The second-order valence-corrected chi connectivity index (χ2v) is 7.77. The Bertz CT molecular complexity index is 262. The van der Waals surface area contributed by atoms with Crippen molar-refractivity contribution < 1.29 is 4.74 Å². The van der Waals surface area contributed by atoms with Crippen molar-refractivity contribution in [2.24, 2.45) is 17.8 Å². The van der Waals surface area contributed by atoms with Gasteiger partial charge in [0.2, 0.25) is 0 Å². The molecule has 0 radical (unpaired) electrons. The van der Waals surface area contributed by atoms with Crippen molar-refractivity contribution >= 4 is 0 Å². The maximum absolute atomic E-state index is 6.20. The van der Waals surface area contributed by atoms with E-state index in [-0.39, 0.29) is 5.60 Å². The van der Waals surface area contributed by atoms with Crippen LogP contribution in [0.15, 0.2) is 0 Å². The summed E-state index contributed by atoms with van der Waals surface area (Å²) in [6.07, 6.45) is 17.0. The van der Waals surface area contributed by atoms with Crippen molar-refractivity contribution in [1.82, 2.24) is 0 Å². The highest BCUT2D eigenvalue weighted by Gasteiger charge is 2.38. The molecule has 0 aromatic rings. The van der Waals surface area contributed by atoms with Crippen LogP contribution in [-0.2, 0) is 4.74 Å². The van der Waals surface area contributed by atoms with Gasteiger partial charge in [0.05, 0.1) is 5.60 Å². The molecule has 2 saturated carbocycles. The number of hydrogen-bond donors (Lipinski definition) is 0. The molecule has 0 saturated heterocycles. The summed E-state index contributed by atoms with van der Waals surface area (Å²) in [6.45, 7) is 7.71. The molecule has 0 aliphatic heterocycles. The number of ether oxygens (including phenoxy) is 1. The Morgan fingerprint density at radius 3 is 1.95 bits per heavy atom. The minimum atomic E-state index is 0.249. The van der Waals surface area contributed by atoms with Crippen LogP contribution in [0.3, 0.4) is 0 Å². The van der Waals surface area contributed by atoms with Crippen molar-refractivity contribution in [2.45, 2.75) is 103 Å². The first kappa shape index (κ1) is 17.3. The van der Waals surface area contributed by atoms with Gasteiger partial charge in [-0.1, -0.05) is 46.0 Å². The summed E-state index contributed by atoms with van der Waals surface area (Å²) in [7, 11) is 0. The monoisotopic (exact) mass is 294 g/mol. The van der Waals surface area contributed by atoms with Crippen molar-refractivity contribution in [1.29, 1.82) is 0 Å². The molecular weight excluding hydrogens is 256 g/mol. The van der Waals surface area contributed by atoms with E-state index < -0.39 is 0 Å². The fraction of sp³-hybridized carbons (Fsp3) is 1.00. The standard InChI is InChI=1S/C20H38O/c1-4-7-17-8-10-18(11-9-17)19-12-15-20(14-5-2,16-13-19)21-6-3/h17-19H,4-16H2,1-3H3. The number of hydrogen-bond acceptors (Lipinski definition) is 1. The van der Waals surface area contributed by atoms with E-state index in [1.165, 1.54) is 77.0 Å². The van der Waals surface area contributed by atoms with Gasteiger partial charge in [-0.05, 0) is 69.6 Å². The maximum Gasteiger partial charge on any atom is 0.0682 e. The van der Waals surface area contributed by atoms with Crippen LogP contribution in [0.25, 0.3) is 0 Å². The van der Waals surface area contributed by atoms with E-state index in [2.05, 4.69) is 20.8 Å². The molecule has 2 rings (SSSR count). The van der Waals surface area contributed by atoms with Gasteiger partial charge in [-0.3, -0.25) is 0 Å². The summed E-state index contributed by atoms with van der Waals surface area (Å²) in [6, 6.07) is 0. The van der Waals surface area contributed by atoms with Crippen LogP contribution in [0.2, 0.25) is 0 Å². The van der Waals surface area contributed by atoms with E-state index >= 15 is 0 Å². The van der Waals surface area contributed by atoms with Gasteiger partial charge in [-0.25, -0.2) is 0 Å². The van der Waals surface area contributed by atoms with Crippen LogP contribution in [0, 0.1) is 17.8 Å². The number of rotatable bonds is 7. The molecule has 2 fully saturated rings. The first-order valence-corrected chi connectivity index (χ1v) is 9.87. The SMILES string of the molecule is CCCC1CCC(C2CCC(CCC)(OCC)CC2)CC1. The first-order valence-electron chi connectivity index (χ1n) is 9.87. The molecule has 1 heteroatoms. The fourth-order valence-electron chi connectivity index (χ4n) is 5.22. The molecule has 0 spiro atoms. The average molecular weight is 295 g/mol. The molecule has 0 bridgehead atoms. The molecule has 2 aliphatic carbocycles. The van der Waals surface area contributed by atoms with Gasteiger partial charge in [0.1, 0.15) is 0 Å². The van der Waals surface area contributed by atoms with Crippen LogP contribution in [-0.4, -0.2) is 12.2 Å². The Balaban J connectivity index is 1.78. The molecule has 0 aromatic carbocycles. The Hall–Kier alpha value is -0.0400. The fourth-order valence-corrected chi connectivity index (χ4v) is 5.22. The third-order valence-electron chi connectivity index (χ3n) is 6.35. The average Bonchev–Trinajstić information content (AvgIpc) is 2.50. The molecule has 21 heavy (non-hydrogen) atoms. The third kappa shape index (κ3) is 4.71. The Morgan fingerprint density at radius 2 is 1.43 bits per heavy atom. The molecule has 0 unspecified atom stereocenters. The molecule has 0 amide bonds. The second kappa shape index (κ2) is 8.56. The third-order valence-corrected chi connectivity index (χ3v) is 6.35. The molecule has 0 aromatic heterocycles. The normalized spacial score (nSPS) is 37.6. The zero-order chi connectivity index (χ0) is 15.1. The Labute approximate surface area is 133 Å². The largest absolute Gasteiger partial charge is 0.375 e. The molecule has 2 aliphatic rings. The van der Waals surface area contributed by atoms with Gasteiger partial charge >= 0.3 is 0 Å². The van der Waals surface area contributed by atoms with Crippen LogP contribution in [0.4, 0.5) is 0 Å². The van der Waals surface area contributed by atoms with Crippen molar-refractivity contribution in [3.8, 4) is 0 Å². The first-order chi connectivity index (χ1) is 10.2. The summed E-state index contributed by atoms with van der Waals surface area (Å²) >= 11 is 0. The lowest BCUT2D eigenvalue weighted by atomic mass is 9.67. The predicted molar refractivity (Wildman–Crippen MR) is 91.6 cm³/mol. The summed E-state index contributed by atoms with van der Waals surface area (Å²) < 4.78 is 6.20. The van der Waals surface area contributed by atoms with E-state index in [0.717, 1.165) is 24.4 Å². The highest BCUT2D eigenvalue weighted by Crippen LogP contribution is 2.45. The molecule has 124 valence electrons. The van der Waals surface area contributed by atoms with Crippen molar-refractivity contribution in [3.63, 3.8) is 0 Å². The second-order valence-electron chi connectivity index (χ2n) is 7.77. The zero-order valence-corrected chi connectivity index (χ0v) is 14.8. The zero-order valence-electron chi connectivity index (χ0n) is 14.8. The van der Waals surface area contributed by atoms with Crippen LogP contribution < -0.4 is 0 Å².